The van der Waals surface area contributed by atoms with Crippen LogP contribution in [0.25, 0.3) is 10.9 Å². The fraction of sp³-hybridized carbons (Fsp3) is 0.281. The molecule has 1 fully saturated rings. The van der Waals surface area contributed by atoms with Crippen molar-refractivity contribution in [3.05, 3.63) is 95.7 Å². The van der Waals surface area contributed by atoms with Crippen molar-refractivity contribution >= 4 is 28.4 Å². The maximum Gasteiger partial charge on any atom is 0.257 e. The molecule has 1 aromatic heterocycles. The minimum absolute atomic E-state index is 0.209. The van der Waals surface area contributed by atoms with E-state index in [2.05, 4.69) is 26.6 Å². The molecule has 2 N–H and O–H groups in total. The third kappa shape index (κ3) is 6.24. The van der Waals surface area contributed by atoms with Gasteiger partial charge in [0.1, 0.15) is 0 Å². The van der Waals surface area contributed by atoms with Gasteiger partial charge in [-0.05, 0) is 67.8 Å². The van der Waals surface area contributed by atoms with Gasteiger partial charge in [0.15, 0.2) is 11.5 Å². The first-order chi connectivity index (χ1) is 19.6. The summed E-state index contributed by atoms with van der Waals surface area (Å²) in [5, 5.41) is 6.88. The van der Waals surface area contributed by atoms with Gasteiger partial charge in [-0.2, -0.15) is 0 Å². The molecule has 1 aliphatic rings. The largest absolute Gasteiger partial charge is 0.493 e. The molecule has 0 spiro atoms. The van der Waals surface area contributed by atoms with Crippen LogP contribution in [0.15, 0.2) is 79.0 Å². The summed E-state index contributed by atoms with van der Waals surface area (Å²) in [6.07, 6.45) is 4.55. The number of methoxy groups -OCH3 is 2. The van der Waals surface area contributed by atoms with Crippen LogP contribution in [0.3, 0.4) is 0 Å². The molecule has 1 atom stereocenters. The predicted molar refractivity (Wildman–Crippen MR) is 156 cm³/mol. The van der Waals surface area contributed by atoms with Gasteiger partial charge in [-0.25, -0.2) is 0 Å². The van der Waals surface area contributed by atoms with E-state index in [-0.39, 0.29) is 17.9 Å². The molecule has 0 bridgehead atoms. The molecule has 8 nitrogen and oxygen atoms in total. The number of ether oxygens (including phenoxy) is 2. The van der Waals surface area contributed by atoms with E-state index in [1.54, 1.807) is 50.7 Å². The SMILES string of the molecule is COc1ccc(CCN2CCC[C@H]2CNC(=O)c2ccccc2NC(=O)c2cnc3ccccc3c2)cc1OC. The summed E-state index contributed by atoms with van der Waals surface area (Å²) in [6.45, 7) is 2.43. The lowest BCUT2D eigenvalue weighted by molar-refractivity contribution is 0.0941. The lowest BCUT2D eigenvalue weighted by Gasteiger charge is -2.25. The molecule has 1 saturated heterocycles. The van der Waals surface area contributed by atoms with Crippen molar-refractivity contribution in [1.82, 2.24) is 15.2 Å². The van der Waals surface area contributed by atoms with Crippen LogP contribution in [0.1, 0.15) is 39.1 Å². The standard InChI is InChI=1S/C32H34N4O4/c1-39-29-14-13-22(18-30(29)40-2)15-17-36-16-7-9-25(36)21-34-32(38)26-10-4-6-12-28(26)35-31(37)24-19-23-8-3-5-11-27(23)33-20-24/h3-6,8,10-14,18-20,25H,7,9,15-17,21H2,1-2H3,(H,34,38)(H,35,37)/t25-/m0/s1. The highest BCUT2D eigenvalue weighted by Crippen LogP contribution is 2.28. The molecule has 1 aliphatic heterocycles. The van der Waals surface area contributed by atoms with Gasteiger partial charge in [0.2, 0.25) is 0 Å². The maximum atomic E-state index is 13.2. The number of carbonyl (C=O) groups excluding carboxylic acids is 2. The number of pyridine rings is 1. The molecule has 206 valence electrons. The number of amides is 2. The molecular weight excluding hydrogens is 504 g/mol. The zero-order valence-electron chi connectivity index (χ0n) is 22.9. The Kier molecular flexibility index (Phi) is 8.56. The summed E-state index contributed by atoms with van der Waals surface area (Å²) >= 11 is 0. The van der Waals surface area contributed by atoms with Gasteiger partial charge in [0.25, 0.3) is 11.8 Å². The molecule has 2 amide bonds. The van der Waals surface area contributed by atoms with Gasteiger partial charge in [0.05, 0.1) is 36.6 Å². The van der Waals surface area contributed by atoms with Crippen LogP contribution in [0.4, 0.5) is 5.69 Å². The highest BCUT2D eigenvalue weighted by atomic mass is 16.5. The number of para-hydroxylation sites is 2. The monoisotopic (exact) mass is 538 g/mol. The van der Waals surface area contributed by atoms with Crippen molar-refractivity contribution in [2.75, 3.05) is 39.2 Å². The number of aromatic nitrogens is 1. The number of nitrogens with one attached hydrogen (secondary N) is 2. The Morgan fingerprint density at radius 2 is 1.75 bits per heavy atom. The first kappa shape index (κ1) is 27.1. The zero-order valence-corrected chi connectivity index (χ0v) is 22.9. The molecule has 0 aliphatic carbocycles. The molecule has 4 aromatic rings. The van der Waals surface area contributed by atoms with E-state index in [0.29, 0.717) is 23.4 Å². The van der Waals surface area contributed by atoms with Crippen molar-refractivity contribution in [2.24, 2.45) is 0 Å². The van der Waals surface area contributed by atoms with Gasteiger partial charge >= 0.3 is 0 Å². The van der Waals surface area contributed by atoms with Crippen molar-refractivity contribution < 1.29 is 19.1 Å². The summed E-state index contributed by atoms with van der Waals surface area (Å²) in [4.78, 5) is 33.0. The predicted octanol–water partition coefficient (Wildman–Crippen LogP) is 4.94. The Morgan fingerprint density at radius 3 is 2.60 bits per heavy atom. The number of hydrogen-bond donors (Lipinski definition) is 2. The number of anilines is 1. The third-order valence-corrected chi connectivity index (χ3v) is 7.41. The first-order valence-electron chi connectivity index (χ1n) is 13.5. The van der Waals surface area contributed by atoms with Crippen molar-refractivity contribution in [1.29, 1.82) is 0 Å². The van der Waals surface area contributed by atoms with E-state index in [4.69, 9.17) is 9.47 Å². The summed E-state index contributed by atoms with van der Waals surface area (Å²) in [5.41, 5.74) is 3.33. The van der Waals surface area contributed by atoms with Gasteiger partial charge in [-0.1, -0.05) is 36.4 Å². The lowest BCUT2D eigenvalue weighted by atomic mass is 10.1. The molecule has 0 saturated carbocycles. The van der Waals surface area contributed by atoms with E-state index in [1.165, 1.54) is 5.56 Å². The highest BCUT2D eigenvalue weighted by molar-refractivity contribution is 6.09. The summed E-state index contributed by atoms with van der Waals surface area (Å²) in [7, 11) is 3.28. The zero-order chi connectivity index (χ0) is 27.9. The second-order valence-corrected chi connectivity index (χ2v) is 9.90. The molecule has 8 heteroatoms. The fourth-order valence-corrected chi connectivity index (χ4v) is 5.22. The highest BCUT2D eigenvalue weighted by Gasteiger charge is 2.25. The Balaban J connectivity index is 1.19. The molecule has 40 heavy (non-hydrogen) atoms. The summed E-state index contributed by atoms with van der Waals surface area (Å²) in [5.74, 6) is 0.932. The van der Waals surface area contributed by atoms with Crippen LogP contribution < -0.4 is 20.1 Å². The topological polar surface area (TPSA) is 92.8 Å². The second-order valence-electron chi connectivity index (χ2n) is 9.90. The Labute approximate surface area is 234 Å². The van der Waals surface area contributed by atoms with Crippen LogP contribution in [-0.4, -0.2) is 61.6 Å². The molecule has 2 heterocycles. The third-order valence-electron chi connectivity index (χ3n) is 7.41. The van der Waals surface area contributed by atoms with Crippen LogP contribution in [-0.2, 0) is 6.42 Å². The molecule has 5 rings (SSSR count). The number of carbonyl (C=O) groups is 2. The van der Waals surface area contributed by atoms with Gasteiger partial charge in [0, 0.05) is 30.7 Å². The number of likely N-dealkylation sites (tertiary alicyclic amines) is 1. The molecule has 0 radical (unpaired) electrons. The minimum Gasteiger partial charge on any atom is -0.493 e. The minimum atomic E-state index is -0.310. The second kappa shape index (κ2) is 12.6. The summed E-state index contributed by atoms with van der Waals surface area (Å²) in [6, 6.07) is 22.8. The van der Waals surface area contributed by atoms with Crippen LogP contribution in [0.2, 0.25) is 0 Å². The quantitative estimate of drug-likeness (QED) is 0.297. The van der Waals surface area contributed by atoms with Gasteiger partial charge in [-0.3, -0.25) is 19.5 Å². The Morgan fingerprint density at radius 1 is 0.950 bits per heavy atom. The van der Waals surface area contributed by atoms with Crippen LogP contribution >= 0.6 is 0 Å². The van der Waals surface area contributed by atoms with Crippen molar-refractivity contribution in [3.8, 4) is 11.5 Å². The Bertz CT molecular complexity index is 1510. The molecule has 3 aromatic carbocycles. The van der Waals surface area contributed by atoms with Crippen LogP contribution in [0, 0.1) is 0 Å². The average Bonchev–Trinajstić information content (AvgIpc) is 3.46. The number of fused-ring (bicyclic) bond motifs is 1. The summed E-state index contributed by atoms with van der Waals surface area (Å²) < 4.78 is 10.8. The smallest absolute Gasteiger partial charge is 0.257 e. The molecular formula is C32H34N4O4. The molecule has 0 unspecified atom stereocenters. The number of nitrogens with zero attached hydrogens (tertiary/aromatic N) is 2. The fourth-order valence-electron chi connectivity index (χ4n) is 5.22. The lowest BCUT2D eigenvalue weighted by Crippen LogP contribution is -2.41. The first-order valence-corrected chi connectivity index (χ1v) is 13.5. The van der Waals surface area contributed by atoms with Crippen molar-refractivity contribution in [2.45, 2.75) is 25.3 Å². The van der Waals surface area contributed by atoms with Gasteiger partial charge in [-0.15, -0.1) is 0 Å². The number of benzene rings is 3. The van der Waals surface area contributed by atoms with Crippen LogP contribution in [0.5, 0.6) is 11.5 Å². The number of hydrogen-bond acceptors (Lipinski definition) is 6. The maximum absolute atomic E-state index is 13.2. The Hall–Kier alpha value is -4.43. The van der Waals surface area contributed by atoms with Gasteiger partial charge < -0.3 is 20.1 Å². The van der Waals surface area contributed by atoms with E-state index >= 15 is 0 Å². The number of rotatable bonds is 10. The van der Waals surface area contributed by atoms with E-state index in [1.807, 2.05) is 36.4 Å². The normalized spacial score (nSPS) is 15.1. The van der Waals surface area contributed by atoms with E-state index < -0.39 is 0 Å². The average molecular weight is 539 g/mol. The van der Waals surface area contributed by atoms with E-state index in [0.717, 1.165) is 54.8 Å². The van der Waals surface area contributed by atoms with Crippen molar-refractivity contribution in [3.63, 3.8) is 0 Å². The van der Waals surface area contributed by atoms with E-state index in [9.17, 15) is 9.59 Å².